The van der Waals surface area contributed by atoms with Crippen molar-refractivity contribution in [1.82, 2.24) is 14.1 Å². The van der Waals surface area contributed by atoms with Crippen LogP contribution in [0.5, 0.6) is 11.5 Å². The Bertz CT molecular complexity index is 2320. The van der Waals surface area contributed by atoms with E-state index in [0.717, 1.165) is 52.6 Å². The molecule has 0 saturated carbocycles. The van der Waals surface area contributed by atoms with E-state index in [9.17, 15) is 0 Å². The number of nitrogens with zero attached hydrogens (tertiary/aromatic N) is 4. The molecule has 0 aliphatic rings. The summed E-state index contributed by atoms with van der Waals surface area (Å²) in [7, 11) is 0. The smallest absolute Gasteiger partial charge is 0.268 e. The third-order valence-corrected chi connectivity index (χ3v) is 9.18. The number of fused-ring (bicyclic) bond motifs is 3. The van der Waals surface area contributed by atoms with Crippen molar-refractivity contribution >= 4 is 21.8 Å². The van der Waals surface area contributed by atoms with Gasteiger partial charge in [-0.3, -0.25) is 13.7 Å². The SMILES string of the molecule is CC(C)(C)Cc1cc(CC(C)(C)C)cc(-[n+]2[c-]n(-c3cccc(Oc4ccc5c6ccccc6n(-c6cc(C(C)(C)C)ccn6)c5c4)c3)cc2)c1. The van der Waals surface area contributed by atoms with Gasteiger partial charge < -0.3 is 4.74 Å². The van der Waals surface area contributed by atoms with Gasteiger partial charge in [-0.25, -0.2) is 4.98 Å². The van der Waals surface area contributed by atoms with E-state index in [1.165, 1.54) is 27.5 Å². The molecule has 3 heterocycles. The number of aromatic nitrogens is 4. The van der Waals surface area contributed by atoms with Crippen LogP contribution in [0.3, 0.4) is 0 Å². The lowest BCUT2D eigenvalue weighted by Crippen LogP contribution is -2.29. The van der Waals surface area contributed by atoms with Crippen molar-refractivity contribution in [1.29, 1.82) is 0 Å². The van der Waals surface area contributed by atoms with Gasteiger partial charge in [-0.1, -0.05) is 104 Å². The van der Waals surface area contributed by atoms with E-state index in [0.29, 0.717) is 0 Å². The number of benzene rings is 4. The second-order valence-corrected chi connectivity index (χ2v) is 17.4. The molecule has 0 atom stereocenters. The third kappa shape index (κ3) is 7.63. The molecule has 51 heavy (non-hydrogen) atoms. The van der Waals surface area contributed by atoms with Crippen LogP contribution in [-0.2, 0) is 18.3 Å². The van der Waals surface area contributed by atoms with Crippen LogP contribution in [0.1, 0.15) is 79.0 Å². The summed E-state index contributed by atoms with van der Waals surface area (Å²) in [5.74, 6) is 2.43. The van der Waals surface area contributed by atoms with Crippen molar-refractivity contribution in [3.05, 3.63) is 139 Å². The van der Waals surface area contributed by atoms with Crippen LogP contribution in [0.4, 0.5) is 0 Å². The minimum absolute atomic E-state index is 0.0116. The zero-order chi connectivity index (χ0) is 36.1. The lowest BCUT2D eigenvalue weighted by Gasteiger charge is -2.22. The number of para-hydroxylation sites is 1. The molecular formula is C46H50N4O. The third-order valence-electron chi connectivity index (χ3n) is 9.18. The summed E-state index contributed by atoms with van der Waals surface area (Å²) in [5.41, 5.74) is 8.67. The molecule has 3 aromatic heterocycles. The standard InChI is InChI=1S/C46H50N4O/c1-44(2,3)29-32-23-33(30-45(4,5)6)25-36(24-32)49-22-21-48(31-49)35-13-12-14-37(27-35)51-38-17-18-40-39-15-10-11-16-41(39)50(42(40)28-38)43-26-34(19-20-47-43)46(7,8)9/h10-28H,29-30H2,1-9H3. The quantitative estimate of drug-likeness (QED) is 0.125. The molecule has 0 amide bonds. The van der Waals surface area contributed by atoms with Gasteiger partial charge in [0.1, 0.15) is 17.3 Å². The summed E-state index contributed by atoms with van der Waals surface area (Å²) in [4.78, 5) is 4.83. The van der Waals surface area contributed by atoms with E-state index in [1.807, 2.05) is 22.9 Å². The van der Waals surface area contributed by atoms with Gasteiger partial charge in [-0.05, 0) is 95.3 Å². The highest BCUT2D eigenvalue weighted by molar-refractivity contribution is 6.09. The van der Waals surface area contributed by atoms with Crippen LogP contribution in [0, 0.1) is 17.2 Å². The van der Waals surface area contributed by atoms with Crippen LogP contribution in [-0.4, -0.2) is 14.1 Å². The lowest BCUT2D eigenvalue weighted by atomic mass is 9.84. The topological polar surface area (TPSA) is 35.9 Å². The Hall–Kier alpha value is -5.16. The zero-order valence-corrected chi connectivity index (χ0v) is 31.6. The van der Waals surface area contributed by atoms with Gasteiger partial charge in [-0.2, -0.15) is 0 Å². The Morgan fingerprint density at radius 3 is 2.06 bits per heavy atom. The number of hydrogen-bond donors (Lipinski definition) is 0. The number of hydrogen-bond acceptors (Lipinski definition) is 2. The minimum Gasteiger partial charge on any atom is -0.458 e. The fraction of sp³-hybridized carbons (Fsp3) is 0.304. The van der Waals surface area contributed by atoms with Crippen molar-refractivity contribution in [2.45, 2.75) is 80.6 Å². The molecule has 0 N–H and O–H groups in total. The first-order valence-corrected chi connectivity index (χ1v) is 18.0. The van der Waals surface area contributed by atoms with Gasteiger partial charge in [0, 0.05) is 35.4 Å². The second-order valence-electron chi connectivity index (χ2n) is 17.4. The van der Waals surface area contributed by atoms with Crippen LogP contribution >= 0.6 is 0 Å². The van der Waals surface area contributed by atoms with Crippen molar-refractivity contribution in [2.75, 3.05) is 0 Å². The Kier molecular flexibility index (Phi) is 8.65. The summed E-state index contributed by atoms with van der Waals surface area (Å²) in [6.07, 6.45) is 11.7. The molecular weight excluding hydrogens is 625 g/mol. The van der Waals surface area contributed by atoms with Crippen LogP contribution in [0.25, 0.3) is 39.0 Å². The highest BCUT2D eigenvalue weighted by Crippen LogP contribution is 2.36. The molecule has 0 fully saturated rings. The van der Waals surface area contributed by atoms with E-state index < -0.39 is 0 Å². The molecule has 0 spiro atoms. The molecule has 4 aromatic carbocycles. The van der Waals surface area contributed by atoms with Crippen molar-refractivity contribution in [3.63, 3.8) is 0 Å². The van der Waals surface area contributed by atoms with Gasteiger partial charge in [0.15, 0.2) is 0 Å². The average molecular weight is 675 g/mol. The van der Waals surface area contributed by atoms with Crippen LogP contribution in [0.2, 0.25) is 0 Å². The van der Waals surface area contributed by atoms with E-state index in [4.69, 9.17) is 9.72 Å². The predicted octanol–water partition coefficient (Wildman–Crippen LogP) is 11.3. The van der Waals surface area contributed by atoms with Gasteiger partial charge >= 0.3 is 0 Å². The molecule has 0 aliphatic heterocycles. The first-order chi connectivity index (χ1) is 24.1. The lowest BCUT2D eigenvalue weighted by molar-refractivity contribution is -0.599. The number of ether oxygens (including phenoxy) is 1. The Morgan fingerprint density at radius 2 is 1.35 bits per heavy atom. The summed E-state index contributed by atoms with van der Waals surface area (Å²) < 4.78 is 12.9. The van der Waals surface area contributed by atoms with E-state index >= 15 is 0 Å². The maximum absolute atomic E-state index is 6.56. The molecule has 0 bridgehead atoms. The molecule has 0 aliphatic carbocycles. The monoisotopic (exact) mass is 674 g/mol. The van der Waals surface area contributed by atoms with Crippen molar-refractivity contribution < 1.29 is 9.30 Å². The van der Waals surface area contributed by atoms with Crippen LogP contribution in [0.15, 0.2) is 116 Å². The molecule has 7 rings (SSSR count). The molecule has 5 nitrogen and oxygen atoms in total. The fourth-order valence-electron chi connectivity index (χ4n) is 7.02. The van der Waals surface area contributed by atoms with Gasteiger partial charge in [0.05, 0.1) is 22.4 Å². The maximum atomic E-state index is 6.56. The fourth-order valence-corrected chi connectivity index (χ4v) is 7.02. The Morgan fingerprint density at radius 1 is 0.667 bits per heavy atom. The highest BCUT2D eigenvalue weighted by Gasteiger charge is 2.19. The summed E-state index contributed by atoms with van der Waals surface area (Å²) >= 11 is 0. The minimum atomic E-state index is 0.0116. The molecule has 7 aromatic rings. The zero-order valence-electron chi connectivity index (χ0n) is 31.6. The summed E-state index contributed by atoms with van der Waals surface area (Å²) in [6.45, 7) is 20.5. The first kappa shape index (κ1) is 34.3. The largest absolute Gasteiger partial charge is 0.458 e. The molecule has 260 valence electrons. The average Bonchev–Trinajstić information content (AvgIpc) is 3.66. The van der Waals surface area contributed by atoms with E-state index in [-0.39, 0.29) is 16.2 Å². The number of imidazole rings is 1. The van der Waals surface area contributed by atoms with Gasteiger partial charge in [-0.15, -0.1) is 0 Å². The van der Waals surface area contributed by atoms with Gasteiger partial charge in [0.2, 0.25) is 0 Å². The van der Waals surface area contributed by atoms with E-state index in [2.05, 4.69) is 175 Å². The second kappa shape index (κ2) is 12.9. The highest BCUT2D eigenvalue weighted by atomic mass is 16.5. The van der Waals surface area contributed by atoms with Crippen LogP contribution < -0.4 is 9.30 Å². The Balaban J connectivity index is 1.21. The summed E-state index contributed by atoms with van der Waals surface area (Å²) in [5, 5.41) is 2.35. The number of pyridine rings is 1. The molecule has 0 radical (unpaired) electrons. The van der Waals surface area contributed by atoms with Gasteiger partial charge in [0.25, 0.3) is 6.33 Å². The molecule has 0 unspecified atom stereocenters. The van der Waals surface area contributed by atoms with E-state index in [1.54, 1.807) is 0 Å². The Labute approximate surface area is 303 Å². The molecule has 0 saturated heterocycles. The normalized spacial score (nSPS) is 12.6. The summed E-state index contributed by atoms with van der Waals surface area (Å²) in [6, 6.07) is 34.4. The van der Waals surface area contributed by atoms with Crippen molar-refractivity contribution in [2.24, 2.45) is 10.8 Å². The predicted molar refractivity (Wildman–Crippen MR) is 210 cm³/mol. The number of rotatable bonds is 7. The molecule has 5 heteroatoms. The van der Waals surface area contributed by atoms with Crippen molar-refractivity contribution in [3.8, 4) is 28.7 Å². The maximum Gasteiger partial charge on any atom is 0.268 e. The first-order valence-electron chi connectivity index (χ1n) is 18.0.